The van der Waals surface area contributed by atoms with Gasteiger partial charge in [0.15, 0.2) is 0 Å². The largest absolute Gasteiger partial charge is 0.368 e. The number of rotatable bonds is 3. The van der Waals surface area contributed by atoms with E-state index in [1.165, 1.54) is 17.8 Å². The molecule has 0 radical (unpaired) electrons. The van der Waals surface area contributed by atoms with Crippen molar-refractivity contribution in [2.45, 2.75) is 18.3 Å². The van der Waals surface area contributed by atoms with Crippen LogP contribution in [0.4, 0.5) is 10.1 Å². The van der Waals surface area contributed by atoms with Crippen molar-refractivity contribution in [3.05, 3.63) is 66.0 Å². The topological polar surface area (TPSA) is 23.6 Å². The molecule has 2 aromatic rings. The summed E-state index contributed by atoms with van der Waals surface area (Å²) in [5.74, 6) is -0.0414. The van der Waals surface area contributed by atoms with E-state index in [2.05, 4.69) is 17.0 Å². The van der Waals surface area contributed by atoms with Crippen LogP contribution in [0.3, 0.4) is 0 Å². The predicted molar refractivity (Wildman–Crippen MR) is 92.5 cm³/mol. The lowest BCUT2D eigenvalue weighted by Gasteiger charge is -2.37. The highest BCUT2D eigenvalue weighted by Gasteiger charge is 2.53. The van der Waals surface area contributed by atoms with Gasteiger partial charge in [-0.05, 0) is 42.7 Å². The van der Waals surface area contributed by atoms with Crippen LogP contribution >= 0.6 is 0 Å². The Kier molecular flexibility index (Phi) is 3.75. The molecule has 124 valence electrons. The Labute approximate surface area is 141 Å². The fraction of sp³-hybridized carbons (Fsp3) is 0.350. The fourth-order valence-electron chi connectivity index (χ4n) is 3.63. The van der Waals surface area contributed by atoms with E-state index in [-0.39, 0.29) is 11.7 Å². The van der Waals surface area contributed by atoms with E-state index < -0.39 is 5.41 Å². The number of carbonyl (C=O) groups excluding carboxylic acids is 1. The number of benzene rings is 2. The van der Waals surface area contributed by atoms with E-state index >= 15 is 0 Å². The smallest absolute Gasteiger partial charge is 0.233 e. The number of hydrogen-bond acceptors (Lipinski definition) is 2. The van der Waals surface area contributed by atoms with Crippen molar-refractivity contribution >= 4 is 11.6 Å². The second-order valence-corrected chi connectivity index (χ2v) is 6.70. The highest BCUT2D eigenvalue weighted by molar-refractivity contribution is 5.91. The van der Waals surface area contributed by atoms with Crippen molar-refractivity contribution < 1.29 is 9.18 Å². The summed E-state index contributed by atoms with van der Waals surface area (Å²) < 4.78 is 13.2. The molecule has 0 atom stereocenters. The van der Waals surface area contributed by atoms with E-state index in [1.54, 1.807) is 12.1 Å². The normalized spacial score (nSPS) is 19.2. The van der Waals surface area contributed by atoms with E-state index in [1.807, 2.05) is 23.1 Å². The molecule has 24 heavy (non-hydrogen) atoms. The van der Waals surface area contributed by atoms with Gasteiger partial charge in [-0.3, -0.25) is 4.79 Å². The number of para-hydroxylation sites is 1. The summed E-state index contributed by atoms with van der Waals surface area (Å²) in [7, 11) is 0. The number of hydrogen-bond donors (Lipinski definition) is 0. The zero-order valence-corrected chi connectivity index (χ0v) is 13.6. The Morgan fingerprint density at radius 2 is 1.50 bits per heavy atom. The zero-order valence-electron chi connectivity index (χ0n) is 13.6. The summed E-state index contributed by atoms with van der Waals surface area (Å²) in [6.07, 6.45) is 1.74. The molecule has 1 heterocycles. The number of nitrogens with zero attached hydrogens (tertiary/aromatic N) is 2. The minimum absolute atomic E-state index is 0.210. The lowest BCUT2D eigenvalue weighted by Crippen LogP contribution is -2.51. The van der Waals surface area contributed by atoms with Crippen LogP contribution in [0.5, 0.6) is 0 Å². The summed E-state index contributed by atoms with van der Waals surface area (Å²) in [4.78, 5) is 17.3. The van der Waals surface area contributed by atoms with E-state index in [0.29, 0.717) is 0 Å². The minimum atomic E-state index is -0.400. The number of amides is 1. The molecule has 0 unspecified atom stereocenters. The second-order valence-electron chi connectivity index (χ2n) is 6.70. The average molecular weight is 324 g/mol. The Bertz CT molecular complexity index is 717. The first-order valence-electron chi connectivity index (χ1n) is 8.54. The molecule has 4 rings (SSSR count). The van der Waals surface area contributed by atoms with Crippen LogP contribution in [0.15, 0.2) is 54.6 Å². The quantitative estimate of drug-likeness (QED) is 0.865. The summed E-state index contributed by atoms with van der Waals surface area (Å²) in [5.41, 5.74) is 1.77. The summed E-state index contributed by atoms with van der Waals surface area (Å²) in [6, 6.07) is 16.8. The van der Waals surface area contributed by atoms with Crippen molar-refractivity contribution in [1.29, 1.82) is 0 Å². The van der Waals surface area contributed by atoms with Gasteiger partial charge < -0.3 is 9.80 Å². The summed E-state index contributed by atoms with van der Waals surface area (Å²) in [6.45, 7) is 3.21. The maximum atomic E-state index is 13.2. The molecule has 2 fully saturated rings. The van der Waals surface area contributed by atoms with Crippen LogP contribution in [0.25, 0.3) is 0 Å². The van der Waals surface area contributed by atoms with Gasteiger partial charge in [0.2, 0.25) is 5.91 Å². The predicted octanol–water partition coefficient (Wildman–Crippen LogP) is 3.21. The molecular formula is C20H21FN2O. The molecule has 2 aliphatic rings. The number of halogens is 1. The first-order valence-corrected chi connectivity index (χ1v) is 8.54. The van der Waals surface area contributed by atoms with Gasteiger partial charge in [-0.15, -0.1) is 0 Å². The molecule has 1 aliphatic heterocycles. The van der Waals surface area contributed by atoms with Gasteiger partial charge in [-0.1, -0.05) is 30.3 Å². The summed E-state index contributed by atoms with van der Waals surface area (Å²) in [5, 5.41) is 0. The molecule has 4 heteroatoms. The third kappa shape index (κ3) is 2.66. The highest BCUT2D eigenvalue weighted by Crippen LogP contribution is 2.49. The molecule has 1 saturated carbocycles. The van der Waals surface area contributed by atoms with Gasteiger partial charge in [0.1, 0.15) is 5.82 Å². The fourth-order valence-corrected chi connectivity index (χ4v) is 3.63. The lowest BCUT2D eigenvalue weighted by molar-refractivity contribution is -0.134. The number of piperazine rings is 1. The van der Waals surface area contributed by atoms with E-state index in [0.717, 1.165) is 44.6 Å². The first kappa shape index (κ1) is 15.2. The molecule has 0 aromatic heterocycles. The van der Waals surface area contributed by atoms with Crippen molar-refractivity contribution in [2.75, 3.05) is 31.1 Å². The molecule has 1 saturated heterocycles. The number of carbonyl (C=O) groups is 1. The van der Waals surface area contributed by atoms with Gasteiger partial charge in [-0.2, -0.15) is 0 Å². The van der Waals surface area contributed by atoms with Crippen LogP contribution in [-0.2, 0) is 10.2 Å². The SMILES string of the molecule is O=C(N1CCN(c2ccccc2)CC1)C1(c2ccc(F)cc2)CC1. The molecule has 0 bridgehead atoms. The second kappa shape index (κ2) is 5.93. The van der Waals surface area contributed by atoms with Crippen LogP contribution in [0.1, 0.15) is 18.4 Å². The van der Waals surface area contributed by atoms with Gasteiger partial charge in [0.05, 0.1) is 5.41 Å². The Morgan fingerprint density at radius 1 is 0.875 bits per heavy atom. The average Bonchev–Trinajstić information content (AvgIpc) is 3.44. The maximum Gasteiger partial charge on any atom is 0.233 e. The van der Waals surface area contributed by atoms with E-state index in [4.69, 9.17) is 0 Å². The third-order valence-corrected chi connectivity index (χ3v) is 5.24. The Balaban J connectivity index is 1.44. The minimum Gasteiger partial charge on any atom is -0.368 e. The Hall–Kier alpha value is -2.36. The van der Waals surface area contributed by atoms with Gasteiger partial charge in [0, 0.05) is 31.9 Å². The molecule has 1 amide bonds. The molecule has 2 aromatic carbocycles. The molecular weight excluding hydrogens is 303 g/mol. The summed E-state index contributed by atoms with van der Waals surface area (Å²) >= 11 is 0. The monoisotopic (exact) mass is 324 g/mol. The van der Waals surface area contributed by atoms with Crippen molar-refractivity contribution in [2.24, 2.45) is 0 Å². The van der Waals surface area contributed by atoms with E-state index in [9.17, 15) is 9.18 Å². The molecule has 3 nitrogen and oxygen atoms in total. The van der Waals surface area contributed by atoms with Crippen LogP contribution in [0.2, 0.25) is 0 Å². The first-order chi connectivity index (χ1) is 11.7. The lowest BCUT2D eigenvalue weighted by atomic mass is 9.94. The van der Waals surface area contributed by atoms with Crippen LogP contribution < -0.4 is 4.90 Å². The highest BCUT2D eigenvalue weighted by atomic mass is 19.1. The maximum absolute atomic E-state index is 13.2. The Morgan fingerprint density at radius 3 is 2.08 bits per heavy atom. The van der Waals surface area contributed by atoms with Gasteiger partial charge >= 0.3 is 0 Å². The van der Waals surface area contributed by atoms with Gasteiger partial charge in [0.25, 0.3) is 0 Å². The molecule has 0 spiro atoms. The third-order valence-electron chi connectivity index (χ3n) is 5.24. The number of anilines is 1. The van der Waals surface area contributed by atoms with Crippen LogP contribution in [-0.4, -0.2) is 37.0 Å². The van der Waals surface area contributed by atoms with Gasteiger partial charge in [-0.25, -0.2) is 4.39 Å². The van der Waals surface area contributed by atoms with Crippen LogP contribution in [0, 0.1) is 5.82 Å². The molecule has 0 N–H and O–H groups in total. The molecule has 1 aliphatic carbocycles. The van der Waals surface area contributed by atoms with Crippen molar-refractivity contribution in [1.82, 2.24) is 4.90 Å². The standard InChI is InChI=1S/C20H21FN2O/c21-17-8-6-16(7-9-17)20(10-11-20)19(24)23-14-12-22(13-15-23)18-4-2-1-3-5-18/h1-9H,10-15H2. The van der Waals surface area contributed by atoms with Crippen molar-refractivity contribution in [3.63, 3.8) is 0 Å². The van der Waals surface area contributed by atoms with Crippen molar-refractivity contribution in [3.8, 4) is 0 Å². The zero-order chi connectivity index (χ0) is 16.6.